The summed E-state index contributed by atoms with van der Waals surface area (Å²) < 4.78 is 4.48. The third-order valence-electron chi connectivity index (χ3n) is 6.81. The zero-order valence-electron chi connectivity index (χ0n) is 14.9. The number of hydrogen-bond donors (Lipinski definition) is 1. The van der Waals surface area contributed by atoms with E-state index < -0.39 is 0 Å². The van der Waals surface area contributed by atoms with Gasteiger partial charge in [0.15, 0.2) is 0 Å². The number of nitrogens with zero attached hydrogens (tertiary/aromatic N) is 5. The third-order valence-corrected chi connectivity index (χ3v) is 7.18. The summed E-state index contributed by atoms with van der Waals surface area (Å²) in [4.78, 5) is 17.6. The molecule has 6 rings (SSSR count). The van der Waals surface area contributed by atoms with Crippen LogP contribution in [0.2, 0.25) is 0 Å². The maximum absolute atomic E-state index is 13.3. The molecule has 7 nitrogen and oxygen atoms in total. The van der Waals surface area contributed by atoms with E-state index in [4.69, 9.17) is 0 Å². The van der Waals surface area contributed by atoms with Crippen molar-refractivity contribution in [1.82, 2.24) is 29.9 Å². The molecule has 0 aliphatic heterocycles. The van der Waals surface area contributed by atoms with Gasteiger partial charge in [0.2, 0.25) is 10.6 Å². The van der Waals surface area contributed by atoms with Crippen molar-refractivity contribution < 1.29 is 4.79 Å². The van der Waals surface area contributed by atoms with Gasteiger partial charge in [0.1, 0.15) is 6.33 Å². The average molecular weight is 419 g/mol. The second-order valence-electron chi connectivity index (χ2n) is 8.55. The van der Waals surface area contributed by atoms with Crippen molar-refractivity contribution in [2.45, 2.75) is 50.6 Å². The highest BCUT2D eigenvalue weighted by Crippen LogP contribution is 2.64. The lowest BCUT2D eigenvalue weighted by Gasteiger charge is -2.60. The van der Waals surface area contributed by atoms with Gasteiger partial charge in [-0.25, -0.2) is 9.67 Å². The van der Waals surface area contributed by atoms with Crippen LogP contribution in [0.3, 0.4) is 0 Å². The van der Waals surface area contributed by atoms with E-state index in [9.17, 15) is 4.79 Å². The molecule has 4 fully saturated rings. The lowest BCUT2D eigenvalue weighted by Crippen LogP contribution is -2.61. The Balaban J connectivity index is 1.41. The van der Waals surface area contributed by atoms with Gasteiger partial charge in [-0.1, -0.05) is 0 Å². The van der Waals surface area contributed by atoms with E-state index in [1.54, 1.807) is 6.20 Å². The summed E-state index contributed by atoms with van der Waals surface area (Å²) in [5, 5.41) is 12.0. The Morgan fingerprint density at radius 1 is 1.35 bits per heavy atom. The highest BCUT2D eigenvalue weighted by molar-refractivity contribution is 9.10. The van der Waals surface area contributed by atoms with Gasteiger partial charge in [-0.3, -0.25) is 9.48 Å². The van der Waals surface area contributed by atoms with Gasteiger partial charge in [0.05, 0.1) is 23.2 Å². The van der Waals surface area contributed by atoms with Crippen LogP contribution in [0.15, 0.2) is 23.3 Å². The second-order valence-corrected chi connectivity index (χ2v) is 9.26. The van der Waals surface area contributed by atoms with Crippen molar-refractivity contribution in [3.8, 4) is 0 Å². The maximum atomic E-state index is 13.3. The molecular weight excluding hydrogens is 396 g/mol. The molecule has 0 spiro atoms. The molecule has 0 aromatic carbocycles. The first kappa shape index (κ1) is 16.5. The molecule has 8 heteroatoms. The molecule has 26 heavy (non-hydrogen) atoms. The monoisotopic (exact) mass is 418 g/mol. The van der Waals surface area contributed by atoms with Crippen LogP contribution >= 0.6 is 15.9 Å². The summed E-state index contributed by atoms with van der Waals surface area (Å²) in [7, 11) is 1.91. The van der Waals surface area contributed by atoms with Crippen molar-refractivity contribution in [3.05, 3.63) is 29.0 Å². The number of aryl methyl sites for hydroxylation is 1. The van der Waals surface area contributed by atoms with Crippen LogP contribution in [-0.2, 0) is 23.9 Å². The fourth-order valence-corrected chi connectivity index (χ4v) is 6.41. The Morgan fingerprint density at radius 2 is 2.12 bits per heavy atom. The van der Waals surface area contributed by atoms with Gasteiger partial charge in [0, 0.05) is 13.2 Å². The van der Waals surface area contributed by atoms with Crippen LogP contribution in [0, 0.1) is 17.3 Å². The normalized spacial score (nSPS) is 35.0. The number of carbonyl (C=O) groups excluding carboxylic acids is 1. The summed E-state index contributed by atoms with van der Waals surface area (Å²) in [6.07, 6.45) is 10.00. The van der Waals surface area contributed by atoms with E-state index in [0.717, 1.165) is 37.8 Å². The van der Waals surface area contributed by atoms with Gasteiger partial charge in [0.25, 0.3) is 0 Å². The van der Waals surface area contributed by atoms with Crippen LogP contribution in [-0.4, -0.2) is 30.5 Å². The molecule has 4 saturated carbocycles. The minimum absolute atomic E-state index is 0.0486. The summed E-state index contributed by atoms with van der Waals surface area (Å²) in [5.74, 6) is 1.43. The van der Waals surface area contributed by atoms with Gasteiger partial charge >= 0.3 is 0 Å². The first-order valence-corrected chi connectivity index (χ1v) is 10.1. The number of halogens is 1. The zero-order chi connectivity index (χ0) is 17.9. The molecule has 0 radical (unpaired) electrons. The number of nitrogens with one attached hydrogen (secondary N) is 1. The number of aromatic nitrogens is 5. The Kier molecular flexibility index (Phi) is 3.58. The molecule has 4 aliphatic carbocycles. The fraction of sp³-hybridized carbons (Fsp3) is 0.667. The summed E-state index contributed by atoms with van der Waals surface area (Å²) >= 11 is 3.38. The molecule has 0 saturated heterocycles. The number of hydrogen-bond acceptors (Lipinski definition) is 4. The minimum Gasteiger partial charge on any atom is -0.350 e. The lowest BCUT2D eigenvalue weighted by molar-refractivity contribution is -0.156. The van der Waals surface area contributed by atoms with Gasteiger partial charge < -0.3 is 5.32 Å². The summed E-state index contributed by atoms with van der Waals surface area (Å²) in [5.41, 5.74) is 0.714. The Hall–Kier alpha value is -1.70. The molecule has 2 aromatic heterocycles. The Labute approximate surface area is 160 Å². The smallest absolute Gasteiger partial charge is 0.226 e. The molecule has 138 valence electrons. The number of amides is 1. The quantitative estimate of drug-likeness (QED) is 0.826. The molecule has 1 N–H and O–H groups in total. The molecule has 2 aromatic rings. The van der Waals surface area contributed by atoms with Gasteiger partial charge in [-0.15, -0.1) is 5.10 Å². The van der Waals surface area contributed by atoms with Crippen molar-refractivity contribution in [2.24, 2.45) is 24.3 Å². The molecule has 4 aliphatic rings. The van der Waals surface area contributed by atoms with Crippen molar-refractivity contribution >= 4 is 21.8 Å². The van der Waals surface area contributed by atoms with Crippen LogP contribution in [0.25, 0.3) is 0 Å². The van der Waals surface area contributed by atoms with Crippen molar-refractivity contribution in [3.63, 3.8) is 0 Å². The molecule has 4 bridgehead atoms. The van der Waals surface area contributed by atoms with E-state index in [0.29, 0.717) is 23.1 Å². The van der Waals surface area contributed by atoms with E-state index >= 15 is 0 Å². The van der Waals surface area contributed by atoms with Crippen LogP contribution < -0.4 is 5.32 Å². The number of carbonyl (C=O) groups is 1. The topological polar surface area (TPSA) is 77.6 Å². The van der Waals surface area contributed by atoms with E-state index in [2.05, 4.69) is 36.4 Å². The van der Waals surface area contributed by atoms with E-state index in [1.807, 2.05) is 28.8 Å². The van der Waals surface area contributed by atoms with Crippen molar-refractivity contribution in [1.29, 1.82) is 0 Å². The molecule has 2 atom stereocenters. The molecule has 2 heterocycles. The maximum Gasteiger partial charge on any atom is 0.226 e. The fourth-order valence-electron chi connectivity index (χ4n) is 6.15. The lowest BCUT2D eigenvalue weighted by atomic mass is 9.46. The SMILES string of the molecule is Cn1nccc1CNC(=O)C12CC3CC(C1)CC(n1cnc(Br)n1)(C3)C2. The molecule has 1 amide bonds. The van der Waals surface area contributed by atoms with Crippen LogP contribution in [0.5, 0.6) is 0 Å². The first-order valence-electron chi connectivity index (χ1n) is 9.31. The minimum atomic E-state index is -0.263. The van der Waals surface area contributed by atoms with Crippen LogP contribution in [0.4, 0.5) is 0 Å². The van der Waals surface area contributed by atoms with Crippen LogP contribution in [0.1, 0.15) is 44.2 Å². The van der Waals surface area contributed by atoms with E-state index in [-0.39, 0.29) is 16.9 Å². The van der Waals surface area contributed by atoms with Gasteiger partial charge in [-0.05, 0) is 72.4 Å². The third kappa shape index (κ3) is 2.45. The first-order chi connectivity index (χ1) is 12.5. The second kappa shape index (κ2) is 5.65. The Bertz CT molecular complexity index is 843. The highest BCUT2D eigenvalue weighted by Gasteiger charge is 2.61. The standard InChI is InChI=1S/C18H23BrN6O/c1-24-14(2-3-22-24)9-20-15(26)17-5-12-4-13(6-17)8-18(7-12,10-17)25-11-21-16(19)23-25/h2-3,11-13H,4-10H2,1H3,(H,20,26). The Morgan fingerprint density at radius 3 is 2.73 bits per heavy atom. The average Bonchev–Trinajstić information content (AvgIpc) is 3.20. The summed E-state index contributed by atoms with van der Waals surface area (Å²) in [6, 6.07) is 1.95. The summed E-state index contributed by atoms with van der Waals surface area (Å²) in [6.45, 7) is 0.536. The molecule has 2 unspecified atom stereocenters. The zero-order valence-corrected chi connectivity index (χ0v) is 16.4. The highest BCUT2D eigenvalue weighted by atomic mass is 79.9. The number of rotatable bonds is 4. The van der Waals surface area contributed by atoms with Gasteiger partial charge in [-0.2, -0.15) is 5.10 Å². The largest absolute Gasteiger partial charge is 0.350 e. The molecular formula is C18H23BrN6O. The predicted molar refractivity (Wildman–Crippen MR) is 97.9 cm³/mol. The van der Waals surface area contributed by atoms with E-state index in [1.165, 1.54) is 6.42 Å². The van der Waals surface area contributed by atoms with Crippen molar-refractivity contribution in [2.75, 3.05) is 0 Å². The predicted octanol–water partition coefficient (Wildman–Crippen LogP) is 2.39.